The Morgan fingerprint density at radius 2 is 1.96 bits per heavy atom. The Hall–Kier alpha value is -3.35. The molecule has 0 aliphatic rings. The number of benzene rings is 1. The molecule has 0 radical (unpaired) electrons. The van der Waals surface area contributed by atoms with E-state index in [1.807, 2.05) is 62.1 Å². The molecule has 1 N–H and O–H groups in total. The van der Waals surface area contributed by atoms with Crippen LogP contribution in [0.15, 0.2) is 59.8 Å². The lowest BCUT2D eigenvalue weighted by atomic mass is 10.1. The summed E-state index contributed by atoms with van der Waals surface area (Å²) in [5, 5.41) is 2.94. The van der Waals surface area contributed by atoms with Crippen LogP contribution in [0.1, 0.15) is 23.1 Å². The van der Waals surface area contributed by atoms with E-state index in [2.05, 4.69) is 10.3 Å². The molecular formula is C20H22N4O3. The molecule has 0 saturated heterocycles. The third kappa shape index (κ3) is 4.25. The van der Waals surface area contributed by atoms with Crippen molar-refractivity contribution in [2.45, 2.75) is 13.0 Å². The number of aromatic nitrogens is 3. The minimum absolute atomic E-state index is 0.145. The first-order valence-electron chi connectivity index (χ1n) is 8.57. The van der Waals surface area contributed by atoms with Gasteiger partial charge in [-0.15, -0.1) is 0 Å². The Morgan fingerprint density at radius 1 is 1.22 bits per heavy atom. The molecule has 0 fully saturated rings. The summed E-state index contributed by atoms with van der Waals surface area (Å²) in [6.45, 7) is 1.57. The summed E-state index contributed by atoms with van der Waals surface area (Å²) in [6, 6.07) is 10.6. The zero-order chi connectivity index (χ0) is 19.4. The third-order valence-corrected chi connectivity index (χ3v) is 4.36. The van der Waals surface area contributed by atoms with E-state index in [0.29, 0.717) is 5.82 Å². The van der Waals surface area contributed by atoms with Crippen LogP contribution < -0.4 is 15.5 Å². The quantitative estimate of drug-likeness (QED) is 0.720. The third-order valence-electron chi connectivity index (χ3n) is 4.36. The Labute approximate surface area is 157 Å². The van der Waals surface area contributed by atoms with Crippen LogP contribution in [0.5, 0.6) is 5.75 Å². The fourth-order valence-electron chi connectivity index (χ4n) is 2.76. The van der Waals surface area contributed by atoms with Gasteiger partial charge in [-0.25, -0.2) is 4.98 Å². The van der Waals surface area contributed by atoms with Gasteiger partial charge < -0.3 is 19.2 Å². The average molecular weight is 366 g/mol. The van der Waals surface area contributed by atoms with Crippen molar-refractivity contribution in [1.29, 1.82) is 0 Å². The number of nitrogens with zero attached hydrogens (tertiary/aromatic N) is 3. The van der Waals surface area contributed by atoms with Crippen molar-refractivity contribution in [1.82, 2.24) is 19.4 Å². The van der Waals surface area contributed by atoms with Gasteiger partial charge in [0.05, 0.1) is 0 Å². The van der Waals surface area contributed by atoms with Gasteiger partial charge in [-0.2, -0.15) is 0 Å². The minimum atomic E-state index is -0.414. The lowest BCUT2D eigenvalue weighted by molar-refractivity contribution is -0.123. The smallest absolute Gasteiger partial charge is 0.258 e. The molecule has 0 aliphatic carbocycles. The van der Waals surface area contributed by atoms with E-state index in [1.54, 1.807) is 17.0 Å². The molecule has 3 aromatic rings. The summed E-state index contributed by atoms with van der Waals surface area (Å²) < 4.78 is 9.07. The first-order valence-corrected chi connectivity index (χ1v) is 8.57. The monoisotopic (exact) mass is 366 g/mol. The number of amides is 1. The average Bonchev–Trinajstić information content (AvgIpc) is 3.08. The SMILES string of the molecule is Cc1cc(=O)c(OCC(=O)N[C@H](c2ccccc2)c2nccn2C)cn1C. The molecule has 0 unspecified atom stereocenters. The van der Waals surface area contributed by atoms with Crippen molar-refractivity contribution >= 4 is 5.91 Å². The molecule has 0 spiro atoms. The number of pyridine rings is 1. The fraction of sp³-hybridized carbons (Fsp3) is 0.250. The second-order valence-corrected chi connectivity index (χ2v) is 6.35. The normalized spacial score (nSPS) is 11.8. The van der Waals surface area contributed by atoms with Gasteiger partial charge in [0.15, 0.2) is 12.4 Å². The number of carbonyl (C=O) groups excluding carboxylic acids is 1. The van der Waals surface area contributed by atoms with Crippen LogP contribution in [0.4, 0.5) is 0 Å². The van der Waals surface area contributed by atoms with Gasteiger partial charge >= 0.3 is 0 Å². The molecule has 27 heavy (non-hydrogen) atoms. The van der Waals surface area contributed by atoms with E-state index in [1.165, 1.54) is 6.07 Å². The van der Waals surface area contributed by atoms with Crippen molar-refractivity contribution in [3.63, 3.8) is 0 Å². The molecule has 2 aromatic heterocycles. The van der Waals surface area contributed by atoms with E-state index >= 15 is 0 Å². The van der Waals surface area contributed by atoms with Crippen molar-refractivity contribution in [3.8, 4) is 5.75 Å². The number of nitrogens with one attached hydrogen (secondary N) is 1. The molecule has 1 aromatic carbocycles. The maximum atomic E-state index is 12.5. The van der Waals surface area contributed by atoms with Crippen LogP contribution in [0.25, 0.3) is 0 Å². The predicted octanol–water partition coefficient (Wildman–Crippen LogP) is 1.71. The number of hydrogen-bond donors (Lipinski definition) is 1. The van der Waals surface area contributed by atoms with Crippen LogP contribution in [0.3, 0.4) is 0 Å². The number of hydrogen-bond acceptors (Lipinski definition) is 4. The Bertz CT molecular complexity index is 992. The number of carbonyl (C=O) groups is 1. The first kappa shape index (κ1) is 18.4. The molecule has 1 amide bonds. The Balaban J connectivity index is 1.75. The summed E-state index contributed by atoms with van der Waals surface area (Å²) in [5.41, 5.74) is 1.48. The number of aryl methyl sites for hydroxylation is 3. The van der Waals surface area contributed by atoms with E-state index in [-0.39, 0.29) is 23.7 Å². The molecule has 1 atom stereocenters. The highest BCUT2D eigenvalue weighted by molar-refractivity contribution is 5.78. The molecule has 0 bridgehead atoms. The summed E-state index contributed by atoms with van der Waals surface area (Å²) in [7, 11) is 3.69. The van der Waals surface area contributed by atoms with Crippen LogP contribution in [0.2, 0.25) is 0 Å². The second kappa shape index (κ2) is 7.90. The van der Waals surface area contributed by atoms with E-state index in [9.17, 15) is 9.59 Å². The molecule has 0 aliphatic heterocycles. The molecule has 0 saturated carbocycles. The van der Waals surface area contributed by atoms with Crippen molar-refractivity contribution in [2.75, 3.05) is 6.61 Å². The Kier molecular flexibility index (Phi) is 5.40. The molecule has 140 valence electrons. The molecule has 7 heteroatoms. The molecule has 7 nitrogen and oxygen atoms in total. The standard InChI is InChI=1S/C20H22N4O3/c1-14-11-16(25)17(12-24(14)3)27-13-18(26)22-19(15-7-5-4-6-8-15)20-21-9-10-23(20)2/h4-12,19H,13H2,1-3H3,(H,22,26)/t19-/m1/s1. The van der Waals surface area contributed by atoms with Crippen molar-refractivity contribution in [2.24, 2.45) is 14.1 Å². The van der Waals surface area contributed by atoms with Crippen LogP contribution in [0, 0.1) is 6.92 Å². The van der Waals surface area contributed by atoms with E-state index in [0.717, 1.165) is 11.3 Å². The van der Waals surface area contributed by atoms with Gasteiger partial charge in [-0.05, 0) is 12.5 Å². The van der Waals surface area contributed by atoms with Gasteiger partial charge in [-0.3, -0.25) is 9.59 Å². The van der Waals surface area contributed by atoms with E-state index in [4.69, 9.17) is 4.74 Å². The van der Waals surface area contributed by atoms with Crippen molar-refractivity contribution in [3.05, 3.63) is 82.3 Å². The molecule has 2 heterocycles. The summed E-state index contributed by atoms with van der Waals surface area (Å²) in [6.07, 6.45) is 5.09. The number of ether oxygens (including phenoxy) is 1. The first-order chi connectivity index (χ1) is 13.0. The zero-order valence-electron chi connectivity index (χ0n) is 15.5. The highest BCUT2D eigenvalue weighted by atomic mass is 16.5. The topological polar surface area (TPSA) is 78.2 Å². The number of rotatable bonds is 6. The lowest BCUT2D eigenvalue weighted by Gasteiger charge is -2.19. The summed E-state index contributed by atoms with van der Waals surface area (Å²) >= 11 is 0. The molecule has 3 rings (SSSR count). The van der Waals surface area contributed by atoms with Crippen molar-refractivity contribution < 1.29 is 9.53 Å². The largest absolute Gasteiger partial charge is 0.478 e. The zero-order valence-corrected chi connectivity index (χ0v) is 15.5. The van der Waals surface area contributed by atoms with Crippen LogP contribution in [-0.2, 0) is 18.9 Å². The van der Waals surface area contributed by atoms with Crippen LogP contribution >= 0.6 is 0 Å². The van der Waals surface area contributed by atoms with Gasteiger partial charge in [0.25, 0.3) is 5.91 Å². The fourth-order valence-corrected chi connectivity index (χ4v) is 2.76. The lowest BCUT2D eigenvalue weighted by Crippen LogP contribution is -2.35. The maximum Gasteiger partial charge on any atom is 0.258 e. The molecular weight excluding hydrogens is 344 g/mol. The second-order valence-electron chi connectivity index (χ2n) is 6.35. The van der Waals surface area contributed by atoms with Crippen LogP contribution in [-0.4, -0.2) is 26.6 Å². The predicted molar refractivity (Wildman–Crippen MR) is 102 cm³/mol. The summed E-state index contributed by atoms with van der Waals surface area (Å²) in [5.74, 6) is 0.516. The minimum Gasteiger partial charge on any atom is -0.478 e. The van der Waals surface area contributed by atoms with Gasteiger partial charge in [0, 0.05) is 44.4 Å². The summed E-state index contributed by atoms with van der Waals surface area (Å²) in [4.78, 5) is 28.8. The highest BCUT2D eigenvalue weighted by Gasteiger charge is 2.21. The van der Waals surface area contributed by atoms with Gasteiger partial charge in [-0.1, -0.05) is 30.3 Å². The van der Waals surface area contributed by atoms with Gasteiger partial charge in [0.2, 0.25) is 5.43 Å². The maximum absolute atomic E-state index is 12.5. The van der Waals surface area contributed by atoms with Gasteiger partial charge in [0.1, 0.15) is 11.9 Å². The Morgan fingerprint density at radius 3 is 2.63 bits per heavy atom. The van der Waals surface area contributed by atoms with E-state index < -0.39 is 6.04 Å². The number of imidazole rings is 1. The highest BCUT2D eigenvalue weighted by Crippen LogP contribution is 2.20.